The standard InChI is InChI=1S/C15H18N2O3S/c1-10-12(7-14(21-10)15(18)17-16)9-20-8-11-4-3-5-13(6-11)19-2/h3-7H,8-9,16H2,1-2H3,(H,17,18). The van der Waals surface area contributed by atoms with Gasteiger partial charge in [-0.2, -0.15) is 0 Å². The number of rotatable bonds is 6. The van der Waals surface area contributed by atoms with Gasteiger partial charge in [0.15, 0.2) is 0 Å². The third-order valence-corrected chi connectivity index (χ3v) is 4.13. The molecule has 0 saturated heterocycles. The summed E-state index contributed by atoms with van der Waals surface area (Å²) in [5.74, 6) is 5.67. The van der Waals surface area contributed by atoms with Crippen LogP contribution in [-0.2, 0) is 18.0 Å². The number of thiophene rings is 1. The summed E-state index contributed by atoms with van der Waals surface area (Å²) in [6, 6.07) is 9.55. The van der Waals surface area contributed by atoms with Gasteiger partial charge >= 0.3 is 0 Å². The SMILES string of the molecule is COc1cccc(COCc2cc(C(=O)NN)sc2C)c1. The van der Waals surface area contributed by atoms with Gasteiger partial charge in [-0.15, -0.1) is 11.3 Å². The van der Waals surface area contributed by atoms with E-state index in [9.17, 15) is 4.79 Å². The average Bonchev–Trinajstić information content (AvgIpc) is 2.88. The summed E-state index contributed by atoms with van der Waals surface area (Å²) in [6.45, 7) is 2.91. The summed E-state index contributed by atoms with van der Waals surface area (Å²) in [5, 5.41) is 0. The molecular weight excluding hydrogens is 288 g/mol. The van der Waals surface area contributed by atoms with Crippen LogP contribution < -0.4 is 16.0 Å². The lowest BCUT2D eigenvalue weighted by atomic mass is 10.2. The van der Waals surface area contributed by atoms with Crippen LogP contribution in [0.1, 0.15) is 25.7 Å². The number of hydrogen-bond acceptors (Lipinski definition) is 5. The van der Waals surface area contributed by atoms with Gasteiger partial charge in [0.2, 0.25) is 0 Å². The molecule has 2 aromatic rings. The highest BCUT2D eigenvalue weighted by atomic mass is 32.1. The van der Waals surface area contributed by atoms with Gasteiger partial charge in [-0.05, 0) is 36.2 Å². The van der Waals surface area contributed by atoms with Crippen LogP contribution in [0.3, 0.4) is 0 Å². The van der Waals surface area contributed by atoms with E-state index in [0.29, 0.717) is 18.1 Å². The number of aryl methyl sites for hydroxylation is 1. The van der Waals surface area contributed by atoms with E-state index in [0.717, 1.165) is 21.8 Å². The highest BCUT2D eigenvalue weighted by Crippen LogP contribution is 2.22. The van der Waals surface area contributed by atoms with Crippen molar-refractivity contribution in [1.82, 2.24) is 5.43 Å². The van der Waals surface area contributed by atoms with Crippen molar-refractivity contribution in [3.63, 3.8) is 0 Å². The Bertz CT molecular complexity index is 625. The number of carbonyl (C=O) groups excluding carboxylic acids is 1. The van der Waals surface area contributed by atoms with E-state index in [4.69, 9.17) is 15.3 Å². The molecule has 0 atom stereocenters. The first-order valence-corrected chi connectivity index (χ1v) is 7.26. The molecule has 1 aromatic carbocycles. The van der Waals surface area contributed by atoms with Crippen molar-refractivity contribution in [2.45, 2.75) is 20.1 Å². The largest absolute Gasteiger partial charge is 0.497 e. The molecule has 0 aliphatic heterocycles. The molecule has 5 nitrogen and oxygen atoms in total. The molecule has 1 aromatic heterocycles. The van der Waals surface area contributed by atoms with Gasteiger partial charge in [-0.25, -0.2) is 5.84 Å². The monoisotopic (exact) mass is 306 g/mol. The Balaban J connectivity index is 1.94. The summed E-state index contributed by atoms with van der Waals surface area (Å²) in [4.78, 5) is 13.1. The van der Waals surface area contributed by atoms with Crippen LogP contribution in [-0.4, -0.2) is 13.0 Å². The Labute approximate surface area is 127 Å². The number of nitrogen functional groups attached to an aromatic ring is 1. The number of methoxy groups -OCH3 is 1. The Hall–Kier alpha value is -1.89. The predicted octanol–water partition coefficient (Wildman–Crippen LogP) is 2.39. The Morgan fingerprint density at radius 2 is 2.14 bits per heavy atom. The van der Waals surface area contributed by atoms with Crippen LogP contribution in [0.25, 0.3) is 0 Å². The van der Waals surface area contributed by atoms with Crippen LogP contribution in [0.5, 0.6) is 5.75 Å². The summed E-state index contributed by atoms with van der Waals surface area (Å²) in [7, 11) is 1.64. The summed E-state index contributed by atoms with van der Waals surface area (Å²) in [5.41, 5.74) is 4.18. The first-order chi connectivity index (χ1) is 10.1. The second-order valence-electron chi connectivity index (χ2n) is 4.51. The molecule has 1 amide bonds. The van der Waals surface area contributed by atoms with E-state index in [1.807, 2.05) is 37.3 Å². The minimum atomic E-state index is -0.276. The van der Waals surface area contributed by atoms with E-state index in [2.05, 4.69) is 5.43 Å². The lowest BCUT2D eigenvalue weighted by molar-refractivity contribution is 0.0956. The third kappa shape index (κ3) is 4.04. The van der Waals surface area contributed by atoms with E-state index in [-0.39, 0.29) is 5.91 Å². The summed E-state index contributed by atoms with van der Waals surface area (Å²) >= 11 is 1.41. The number of hydrazine groups is 1. The molecular formula is C15H18N2O3S. The summed E-state index contributed by atoms with van der Waals surface area (Å²) in [6.07, 6.45) is 0. The zero-order valence-corrected chi connectivity index (χ0v) is 12.8. The predicted molar refractivity (Wildman–Crippen MR) is 82.2 cm³/mol. The highest BCUT2D eigenvalue weighted by Gasteiger charge is 2.11. The van der Waals surface area contributed by atoms with Gasteiger partial charge in [0.05, 0.1) is 25.2 Å². The number of nitrogens with one attached hydrogen (secondary N) is 1. The molecule has 0 aliphatic carbocycles. The second-order valence-corrected chi connectivity index (χ2v) is 5.77. The smallest absolute Gasteiger partial charge is 0.275 e. The van der Waals surface area contributed by atoms with Crippen molar-refractivity contribution in [2.24, 2.45) is 5.84 Å². The van der Waals surface area contributed by atoms with Gasteiger partial charge in [-0.1, -0.05) is 12.1 Å². The van der Waals surface area contributed by atoms with Gasteiger partial charge < -0.3 is 9.47 Å². The van der Waals surface area contributed by atoms with Crippen LogP contribution in [0.2, 0.25) is 0 Å². The van der Waals surface area contributed by atoms with Crippen molar-refractivity contribution in [3.8, 4) is 5.75 Å². The van der Waals surface area contributed by atoms with Gasteiger partial charge in [0, 0.05) is 4.88 Å². The number of benzene rings is 1. The van der Waals surface area contributed by atoms with Crippen LogP contribution in [0.4, 0.5) is 0 Å². The fourth-order valence-electron chi connectivity index (χ4n) is 1.89. The normalized spacial score (nSPS) is 10.4. The minimum Gasteiger partial charge on any atom is -0.497 e. The van der Waals surface area contributed by atoms with E-state index < -0.39 is 0 Å². The van der Waals surface area contributed by atoms with Crippen LogP contribution in [0, 0.1) is 6.92 Å². The van der Waals surface area contributed by atoms with Gasteiger partial charge in [0.1, 0.15) is 5.75 Å². The first kappa shape index (κ1) is 15.5. The van der Waals surface area contributed by atoms with Crippen LogP contribution >= 0.6 is 11.3 Å². The number of carbonyl (C=O) groups is 1. The highest BCUT2D eigenvalue weighted by molar-refractivity contribution is 7.14. The molecule has 21 heavy (non-hydrogen) atoms. The quantitative estimate of drug-likeness (QED) is 0.488. The second kappa shape index (κ2) is 7.21. The molecule has 1 heterocycles. The third-order valence-electron chi connectivity index (χ3n) is 3.04. The lowest BCUT2D eigenvalue weighted by Gasteiger charge is -2.06. The molecule has 0 aliphatic rings. The first-order valence-electron chi connectivity index (χ1n) is 6.45. The molecule has 3 N–H and O–H groups in total. The Morgan fingerprint density at radius 3 is 2.86 bits per heavy atom. The van der Waals surface area contributed by atoms with E-state index >= 15 is 0 Å². The Kier molecular flexibility index (Phi) is 5.32. The van der Waals surface area contributed by atoms with Gasteiger partial charge in [0.25, 0.3) is 5.91 Å². The molecule has 0 bridgehead atoms. The van der Waals surface area contributed by atoms with Crippen molar-refractivity contribution in [1.29, 1.82) is 0 Å². The van der Waals surface area contributed by atoms with Gasteiger partial charge in [-0.3, -0.25) is 10.2 Å². The molecule has 2 rings (SSSR count). The Morgan fingerprint density at radius 1 is 1.33 bits per heavy atom. The summed E-state index contributed by atoms with van der Waals surface area (Å²) < 4.78 is 10.9. The van der Waals surface area contributed by atoms with Crippen molar-refractivity contribution in [3.05, 3.63) is 51.2 Å². The van der Waals surface area contributed by atoms with Crippen molar-refractivity contribution >= 4 is 17.2 Å². The number of nitrogens with two attached hydrogens (primary N) is 1. The number of amides is 1. The fourth-order valence-corrected chi connectivity index (χ4v) is 2.82. The zero-order valence-electron chi connectivity index (χ0n) is 12.0. The maximum Gasteiger partial charge on any atom is 0.275 e. The van der Waals surface area contributed by atoms with E-state index in [1.54, 1.807) is 7.11 Å². The van der Waals surface area contributed by atoms with Crippen molar-refractivity contribution < 1.29 is 14.3 Å². The maximum absolute atomic E-state index is 11.5. The molecule has 6 heteroatoms. The molecule has 112 valence electrons. The number of hydrogen-bond donors (Lipinski definition) is 2. The topological polar surface area (TPSA) is 73.6 Å². The lowest BCUT2D eigenvalue weighted by Crippen LogP contribution is -2.29. The maximum atomic E-state index is 11.5. The molecule has 0 saturated carbocycles. The minimum absolute atomic E-state index is 0.276. The van der Waals surface area contributed by atoms with Crippen LogP contribution in [0.15, 0.2) is 30.3 Å². The number of ether oxygens (including phenoxy) is 2. The zero-order chi connectivity index (χ0) is 15.2. The molecule has 0 unspecified atom stereocenters. The molecule has 0 fully saturated rings. The van der Waals surface area contributed by atoms with Crippen molar-refractivity contribution in [2.75, 3.05) is 7.11 Å². The molecule has 0 spiro atoms. The fraction of sp³-hybridized carbons (Fsp3) is 0.267. The van der Waals surface area contributed by atoms with E-state index in [1.165, 1.54) is 11.3 Å². The molecule has 0 radical (unpaired) electrons. The average molecular weight is 306 g/mol.